The lowest BCUT2D eigenvalue weighted by atomic mass is 10.1. The number of hydrogen-bond acceptors (Lipinski definition) is 3. The van der Waals surface area contributed by atoms with Gasteiger partial charge in [-0.3, -0.25) is 9.59 Å². The zero-order chi connectivity index (χ0) is 16.9. The van der Waals surface area contributed by atoms with Crippen molar-refractivity contribution in [1.29, 1.82) is 0 Å². The highest BCUT2D eigenvalue weighted by Crippen LogP contribution is 2.29. The summed E-state index contributed by atoms with van der Waals surface area (Å²) in [7, 11) is 0. The van der Waals surface area contributed by atoms with Crippen molar-refractivity contribution < 1.29 is 19.4 Å². The topological polar surface area (TPSA) is 75.6 Å². The molecule has 0 bridgehead atoms. The number of rotatable bonds is 7. The van der Waals surface area contributed by atoms with Crippen molar-refractivity contribution in [3.05, 3.63) is 59.7 Å². The average molecular weight is 325 g/mol. The smallest absolute Gasteiger partial charge is 0.307 e. The third-order valence-corrected chi connectivity index (χ3v) is 3.84. The van der Waals surface area contributed by atoms with Crippen LogP contribution in [0.5, 0.6) is 5.75 Å². The normalized spacial score (nSPS) is 13.3. The van der Waals surface area contributed by atoms with Crippen LogP contribution in [0.4, 0.5) is 5.69 Å². The Morgan fingerprint density at radius 3 is 2.54 bits per heavy atom. The van der Waals surface area contributed by atoms with Gasteiger partial charge in [0.1, 0.15) is 5.75 Å². The monoisotopic (exact) mass is 325 g/mol. The number of carboxylic acid groups (broad SMARTS) is 1. The Morgan fingerprint density at radius 1 is 1.12 bits per heavy atom. The van der Waals surface area contributed by atoms with E-state index in [2.05, 4.69) is 5.32 Å². The second-order valence-corrected chi connectivity index (χ2v) is 6.00. The van der Waals surface area contributed by atoms with Gasteiger partial charge in [-0.05, 0) is 60.7 Å². The zero-order valence-corrected chi connectivity index (χ0v) is 13.2. The molecule has 124 valence electrons. The molecule has 5 nitrogen and oxygen atoms in total. The lowest BCUT2D eigenvalue weighted by Gasteiger charge is -2.08. The third-order valence-electron chi connectivity index (χ3n) is 3.84. The van der Waals surface area contributed by atoms with Crippen molar-refractivity contribution in [3.63, 3.8) is 0 Å². The van der Waals surface area contributed by atoms with Crippen LogP contribution in [-0.2, 0) is 11.2 Å². The van der Waals surface area contributed by atoms with Gasteiger partial charge < -0.3 is 15.2 Å². The fourth-order valence-corrected chi connectivity index (χ4v) is 2.34. The predicted molar refractivity (Wildman–Crippen MR) is 90.4 cm³/mol. The van der Waals surface area contributed by atoms with E-state index in [1.165, 1.54) is 12.8 Å². The fourth-order valence-electron chi connectivity index (χ4n) is 2.34. The second-order valence-electron chi connectivity index (χ2n) is 6.00. The van der Waals surface area contributed by atoms with Gasteiger partial charge in [0.2, 0.25) is 0 Å². The quantitative estimate of drug-likeness (QED) is 0.818. The number of benzene rings is 2. The van der Waals surface area contributed by atoms with Crippen molar-refractivity contribution in [3.8, 4) is 5.75 Å². The minimum absolute atomic E-state index is 0.0727. The highest BCUT2D eigenvalue weighted by Gasteiger charge is 2.21. The molecule has 0 atom stereocenters. The van der Waals surface area contributed by atoms with Crippen LogP contribution in [-0.4, -0.2) is 23.6 Å². The molecule has 2 aromatic rings. The minimum Gasteiger partial charge on any atom is -0.493 e. The number of anilines is 1. The van der Waals surface area contributed by atoms with Crippen LogP contribution in [0.3, 0.4) is 0 Å². The molecular weight excluding hydrogens is 306 g/mol. The van der Waals surface area contributed by atoms with Gasteiger partial charge in [-0.2, -0.15) is 0 Å². The summed E-state index contributed by atoms with van der Waals surface area (Å²) in [5, 5.41) is 11.6. The zero-order valence-electron chi connectivity index (χ0n) is 13.2. The molecule has 5 heteroatoms. The number of amides is 1. The van der Waals surface area contributed by atoms with Gasteiger partial charge in [0.15, 0.2) is 0 Å². The molecule has 1 aliphatic rings. The Hall–Kier alpha value is -2.82. The highest BCUT2D eigenvalue weighted by atomic mass is 16.5. The van der Waals surface area contributed by atoms with Crippen LogP contribution in [0.1, 0.15) is 28.8 Å². The summed E-state index contributed by atoms with van der Waals surface area (Å²) in [5.74, 6) is 0.310. The molecule has 1 saturated carbocycles. The number of carboxylic acids is 1. The van der Waals surface area contributed by atoms with Crippen LogP contribution >= 0.6 is 0 Å². The first-order chi connectivity index (χ1) is 11.6. The van der Waals surface area contributed by atoms with Gasteiger partial charge in [-0.1, -0.05) is 12.1 Å². The van der Waals surface area contributed by atoms with Crippen molar-refractivity contribution >= 4 is 17.6 Å². The van der Waals surface area contributed by atoms with Gasteiger partial charge in [0.25, 0.3) is 5.91 Å². The number of aliphatic carboxylic acids is 1. The lowest BCUT2D eigenvalue weighted by molar-refractivity contribution is -0.136. The van der Waals surface area contributed by atoms with Gasteiger partial charge in [0, 0.05) is 11.3 Å². The fraction of sp³-hybridized carbons (Fsp3) is 0.263. The van der Waals surface area contributed by atoms with Gasteiger partial charge >= 0.3 is 5.97 Å². The summed E-state index contributed by atoms with van der Waals surface area (Å²) in [6, 6.07) is 13.9. The van der Waals surface area contributed by atoms with E-state index in [0.29, 0.717) is 22.7 Å². The summed E-state index contributed by atoms with van der Waals surface area (Å²) in [5.41, 5.74) is 1.74. The molecule has 0 radical (unpaired) electrons. The summed E-state index contributed by atoms with van der Waals surface area (Å²) < 4.78 is 5.65. The number of ether oxygens (including phenoxy) is 1. The van der Waals surface area contributed by atoms with E-state index in [4.69, 9.17) is 9.84 Å². The van der Waals surface area contributed by atoms with Crippen LogP contribution in [0.25, 0.3) is 0 Å². The van der Waals surface area contributed by atoms with E-state index in [1.807, 2.05) is 0 Å². The number of carbonyl (C=O) groups excluding carboxylic acids is 1. The minimum atomic E-state index is -0.903. The molecule has 0 aliphatic heterocycles. The number of nitrogens with one attached hydrogen (secondary N) is 1. The Morgan fingerprint density at radius 2 is 1.88 bits per heavy atom. The summed E-state index contributed by atoms with van der Waals surface area (Å²) in [6.45, 7) is 0.738. The number of carbonyl (C=O) groups is 2. The van der Waals surface area contributed by atoms with Gasteiger partial charge in [0.05, 0.1) is 13.0 Å². The van der Waals surface area contributed by atoms with E-state index in [9.17, 15) is 9.59 Å². The molecule has 0 heterocycles. The maximum Gasteiger partial charge on any atom is 0.307 e. The van der Waals surface area contributed by atoms with Gasteiger partial charge in [-0.15, -0.1) is 0 Å². The molecule has 2 N–H and O–H groups in total. The van der Waals surface area contributed by atoms with Crippen molar-refractivity contribution in [2.75, 3.05) is 11.9 Å². The molecule has 2 aromatic carbocycles. The SMILES string of the molecule is O=C(O)Cc1cccc(NC(=O)c2ccc(OCC3CC3)cc2)c1. The molecule has 1 fully saturated rings. The number of hydrogen-bond donors (Lipinski definition) is 2. The largest absolute Gasteiger partial charge is 0.493 e. The Bertz CT molecular complexity index is 735. The first-order valence-corrected chi connectivity index (χ1v) is 7.95. The van der Waals surface area contributed by atoms with Crippen molar-refractivity contribution in [1.82, 2.24) is 0 Å². The summed E-state index contributed by atoms with van der Waals surface area (Å²) in [4.78, 5) is 23.0. The Labute approximate surface area is 140 Å². The van der Waals surface area contributed by atoms with E-state index in [-0.39, 0.29) is 12.3 Å². The molecule has 0 unspecified atom stereocenters. The molecule has 1 amide bonds. The molecule has 0 saturated heterocycles. The summed E-state index contributed by atoms with van der Waals surface area (Å²) in [6.07, 6.45) is 2.40. The molecule has 3 rings (SSSR count). The summed E-state index contributed by atoms with van der Waals surface area (Å²) >= 11 is 0. The van der Waals surface area contributed by atoms with Crippen LogP contribution in [0, 0.1) is 5.92 Å². The van der Waals surface area contributed by atoms with Crippen LogP contribution < -0.4 is 10.1 Å². The Balaban J connectivity index is 1.60. The average Bonchev–Trinajstić information content (AvgIpc) is 3.37. The van der Waals surface area contributed by atoms with Crippen LogP contribution in [0.15, 0.2) is 48.5 Å². The first kappa shape index (κ1) is 16.1. The molecule has 24 heavy (non-hydrogen) atoms. The van der Waals surface area contributed by atoms with E-state index in [0.717, 1.165) is 12.4 Å². The van der Waals surface area contributed by atoms with Crippen molar-refractivity contribution in [2.24, 2.45) is 5.92 Å². The van der Waals surface area contributed by atoms with E-state index < -0.39 is 5.97 Å². The molecule has 0 aromatic heterocycles. The maximum absolute atomic E-state index is 12.3. The predicted octanol–water partition coefficient (Wildman–Crippen LogP) is 3.35. The molecule has 0 spiro atoms. The van der Waals surface area contributed by atoms with Gasteiger partial charge in [-0.25, -0.2) is 0 Å². The molecular formula is C19H19NO4. The van der Waals surface area contributed by atoms with Crippen molar-refractivity contribution in [2.45, 2.75) is 19.3 Å². The van der Waals surface area contributed by atoms with E-state index >= 15 is 0 Å². The first-order valence-electron chi connectivity index (χ1n) is 7.95. The third kappa shape index (κ3) is 4.59. The highest BCUT2D eigenvalue weighted by molar-refractivity contribution is 6.04. The lowest BCUT2D eigenvalue weighted by Crippen LogP contribution is -2.12. The Kier molecular flexibility index (Phi) is 4.79. The van der Waals surface area contributed by atoms with Crippen LogP contribution in [0.2, 0.25) is 0 Å². The maximum atomic E-state index is 12.3. The van der Waals surface area contributed by atoms with E-state index in [1.54, 1.807) is 48.5 Å². The standard InChI is InChI=1S/C19H19NO4/c21-18(22)11-14-2-1-3-16(10-14)20-19(23)15-6-8-17(9-7-15)24-12-13-4-5-13/h1-3,6-10,13H,4-5,11-12H2,(H,20,23)(H,21,22). The second kappa shape index (κ2) is 7.17. The molecule has 1 aliphatic carbocycles.